The summed E-state index contributed by atoms with van der Waals surface area (Å²) in [4.78, 5) is 27.3. The van der Waals surface area contributed by atoms with Crippen molar-refractivity contribution in [3.63, 3.8) is 0 Å². The van der Waals surface area contributed by atoms with Crippen molar-refractivity contribution in [2.45, 2.75) is 32.0 Å². The van der Waals surface area contributed by atoms with Crippen LogP contribution in [-0.4, -0.2) is 35.8 Å². The maximum Gasteiger partial charge on any atom is 0.251 e. The summed E-state index contributed by atoms with van der Waals surface area (Å²) in [7, 11) is 0. The molecule has 1 fully saturated rings. The smallest absolute Gasteiger partial charge is 0.251 e. The Morgan fingerprint density at radius 2 is 1.31 bits per heavy atom. The van der Waals surface area contributed by atoms with E-state index in [0.29, 0.717) is 17.7 Å². The Balaban J connectivity index is 1.21. The molecule has 5 nitrogen and oxygen atoms in total. The van der Waals surface area contributed by atoms with E-state index < -0.39 is 0 Å². The van der Waals surface area contributed by atoms with E-state index in [2.05, 4.69) is 39.8 Å². The molecular formula is C27H29N3O2. The van der Waals surface area contributed by atoms with E-state index in [0.717, 1.165) is 38.0 Å². The maximum absolute atomic E-state index is 12.7. The molecule has 0 atom stereocenters. The molecule has 0 aliphatic carbocycles. The monoisotopic (exact) mass is 427 g/mol. The van der Waals surface area contributed by atoms with Crippen LogP contribution in [0.1, 0.15) is 44.7 Å². The lowest BCUT2D eigenvalue weighted by molar-refractivity contribution is 0.0907. The van der Waals surface area contributed by atoms with Gasteiger partial charge in [-0.3, -0.25) is 14.5 Å². The molecule has 2 N–H and O–H groups in total. The third kappa shape index (κ3) is 6.05. The number of carbonyl (C=O) groups excluding carboxylic acids is 2. The number of nitrogens with one attached hydrogen (secondary N) is 2. The van der Waals surface area contributed by atoms with Gasteiger partial charge in [0.2, 0.25) is 0 Å². The van der Waals surface area contributed by atoms with Gasteiger partial charge in [0.25, 0.3) is 11.8 Å². The largest absolute Gasteiger partial charge is 0.349 e. The van der Waals surface area contributed by atoms with Gasteiger partial charge in [-0.2, -0.15) is 0 Å². The molecule has 0 bridgehead atoms. The summed E-state index contributed by atoms with van der Waals surface area (Å²) < 4.78 is 0. The van der Waals surface area contributed by atoms with Crippen LogP contribution in [-0.2, 0) is 13.1 Å². The Morgan fingerprint density at radius 3 is 1.97 bits per heavy atom. The van der Waals surface area contributed by atoms with Gasteiger partial charge in [-0.25, -0.2) is 0 Å². The molecule has 32 heavy (non-hydrogen) atoms. The van der Waals surface area contributed by atoms with Crippen LogP contribution in [0, 0.1) is 0 Å². The Bertz CT molecular complexity index is 1010. The molecule has 2 amide bonds. The van der Waals surface area contributed by atoms with Crippen LogP contribution in [0.15, 0.2) is 84.9 Å². The molecule has 0 unspecified atom stereocenters. The van der Waals surface area contributed by atoms with Crippen molar-refractivity contribution in [2.75, 3.05) is 13.1 Å². The van der Waals surface area contributed by atoms with E-state index in [1.807, 2.05) is 48.5 Å². The molecule has 164 valence electrons. The molecule has 1 heterocycles. The second-order valence-electron chi connectivity index (χ2n) is 8.26. The lowest BCUT2D eigenvalue weighted by Gasteiger charge is -2.32. The van der Waals surface area contributed by atoms with Gasteiger partial charge >= 0.3 is 0 Å². The Kier molecular flexibility index (Phi) is 7.31. The highest BCUT2D eigenvalue weighted by molar-refractivity contribution is 5.95. The molecule has 1 saturated heterocycles. The fraction of sp³-hybridized carbons (Fsp3) is 0.259. The van der Waals surface area contributed by atoms with Gasteiger partial charge in [-0.1, -0.05) is 60.7 Å². The Hall–Kier alpha value is -3.44. The second kappa shape index (κ2) is 10.7. The first-order valence-electron chi connectivity index (χ1n) is 11.2. The number of benzene rings is 3. The molecule has 1 aliphatic heterocycles. The summed E-state index contributed by atoms with van der Waals surface area (Å²) in [6.07, 6.45) is 1.92. The fourth-order valence-corrected chi connectivity index (χ4v) is 3.99. The Labute approximate surface area is 189 Å². The summed E-state index contributed by atoms with van der Waals surface area (Å²) in [5.74, 6) is -0.141. The molecule has 1 aliphatic rings. The third-order valence-electron chi connectivity index (χ3n) is 5.88. The summed E-state index contributed by atoms with van der Waals surface area (Å²) in [6.45, 7) is 3.36. The van der Waals surface area contributed by atoms with Gasteiger partial charge in [-0.15, -0.1) is 0 Å². The normalized spacial score (nSPS) is 14.6. The van der Waals surface area contributed by atoms with Gasteiger partial charge < -0.3 is 10.6 Å². The minimum Gasteiger partial charge on any atom is -0.349 e. The SMILES string of the molecule is O=C(NCc1ccc(C(=O)NC2CCN(Cc3ccccc3)CC2)cc1)c1ccccc1. The highest BCUT2D eigenvalue weighted by Gasteiger charge is 2.21. The van der Waals surface area contributed by atoms with Gasteiger partial charge in [0.05, 0.1) is 0 Å². The number of hydrogen-bond donors (Lipinski definition) is 2. The fourth-order valence-electron chi connectivity index (χ4n) is 3.99. The average Bonchev–Trinajstić information content (AvgIpc) is 2.85. The van der Waals surface area contributed by atoms with Crippen LogP contribution < -0.4 is 10.6 Å². The van der Waals surface area contributed by atoms with E-state index in [4.69, 9.17) is 0 Å². The minimum atomic E-state index is -0.106. The van der Waals surface area contributed by atoms with Crippen LogP contribution in [0.2, 0.25) is 0 Å². The van der Waals surface area contributed by atoms with E-state index >= 15 is 0 Å². The van der Waals surface area contributed by atoms with E-state index in [1.54, 1.807) is 12.1 Å². The van der Waals surface area contributed by atoms with Crippen LogP contribution in [0.3, 0.4) is 0 Å². The predicted molar refractivity (Wildman–Crippen MR) is 126 cm³/mol. The van der Waals surface area contributed by atoms with Crippen molar-refractivity contribution in [1.29, 1.82) is 0 Å². The number of likely N-dealkylation sites (tertiary alicyclic amines) is 1. The van der Waals surface area contributed by atoms with E-state index in [1.165, 1.54) is 5.56 Å². The number of rotatable bonds is 7. The van der Waals surface area contributed by atoms with Crippen molar-refractivity contribution in [3.8, 4) is 0 Å². The molecule has 5 heteroatoms. The van der Waals surface area contributed by atoms with Crippen LogP contribution >= 0.6 is 0 Å². The van der Waals surface area contributed by atoms with Crippen LogP contribution in [0.4, 0.5) is 0 Å². The van der Waals surface area contributed by atoms with Gasteiger partial charge in [0, 0.05) is 43.3 Å². The van der Waals surface area contributed by atoms with Crippen LogP contribution in [0.25, 0.3) is 0 Å². The minimum absolute atomic E-state index is 0.0358. The van der Waals surface area contributed by atoms with Gasteiger partial charge in [0.1, 0.15) is 0 Å². The average molecular weight is 428 g/mol. The highest BCUT2D eigenvalue weighted by atomic mass is 16.2. The van der Waals surface area contributed by atoms with Crippen molar-refractivity contribution >= 4 is 11.8 Å². The second-order valence-corrected chi connectivity index (χ2v) is 8.26. The predicted octanol–water partition coefficient (Wildman–Crippen LogP) is 4.01. The zero-order valence-corrected chi connectivity index (χ0v) is 18.2. The Morgan fingerprint density at radius 1 is 0.719 bits per heavy atom. The zero-order valence-electron chi connectivity index (χ0n) is 18.2. The van der Waals surface area contributed by atoms with Crippen molar-refractivity contribution in [3.05, 3.63) is 107 Å². The summed E-state index contributed by atoms with van der Waals surface area (Å²) in [6, 6.07) is 27.3. The number of carbonyl (C=O) groups is 2. The number of piperidine rings is 1. The van der Waals surface area contributed by atoms with E-state index in [-0.39, 0.29) is 17.9 Å². The molecule has 3 aromatic carbocycles. The number of nitrogens with zero attached hydrogens (tertiary/aromatic N) is 1. The molecule has 0 radical (unpaired) electrons. The molecule has 0 aromatic heterocycles. The van der Waals surface area contributed by atoms with E-state index in [9.17, 15) is 9.59 Å². The van der Waals surface area contributed by atoms with Gasteiger partial charge in [-0.05, 0) is 48.2 Å². The van der Waals surface area contributed by atoms with Gasteiger partial charge in [0.15, 0.2) is 0 Å². The maximum atomic E-state index is 12.7. The third-order valence-corrected chi connectivity index (χ3v) is 5.88. The first-order valence-corrected chi connectivity index (χ1v) is 11.2. The lowest BCUT2D eigenvalue weighted by atomic mass is 10.0. The van der Waals surface area contributed by atoms with Crippen molar-refractivity contribution in [2.24, 2.45) is 0 Å². The van der Waals surface area contributed by atoms with Crippen molar-refractivity contribution < 1.29 is 9.59 Å². The van der Waals surface area contributed by atoms with Crippen LogP contribution in [0.5, 0.6) is 0 Å². The standard InChI is InChI=1S/C27H29N3O2/c31-26(23-9-5-2-6-10-23)28-19-21-11-13-24(14-12-21)27(32)29-25-15-17-30(18-16-25)20-22-7-3-1-4-8-22/h1-14,25H,15-20H2,(H,28,31)(H,29,32). The topological polar surface area (TPSA) is 61.4 Å². The first-order chi connectivity index (χ1) is 15.7. The first kappa shape index (κ1) is 21.8. The molecule has 3 aromatic rings. The quantitative estimate of drug-likeness (QED) is 0.599. The molecular weight excluding hydrogens is 398 g/mol. The van der Waals surface area contributed by atoms with Crippen molar-refractivity contribution in [1.82, 2.24) is 15.5 Å². The molecule has 4 rings (SSSR count). The summed E-state index contributed by atoms with van der Waals surface area (Å²) >= 11 is 0. The molecule has 0 saturated carbocycles. The summed E-state index contributed by atoms with van der Waals surface area (Å²) in [5, 5.41) is 6.08. The highest BCUT2D eigenvalue weighted by Crippen LogP contribution is 2.15. The summed E-state index contributed by atoms with van der Waals surface area (Å²) in [5.41, 5.74) is 3.57. The lowest BCUT2D eigenvalue weighted by Crippen LogP contribution is -2.44. The molecule has 0 spiro atoms. The number of amides is 2. The number of hydrogen-bond acceptors (Lipinski definition) is 3. The zero-order chi connectivity index (χ0) is 22.2.